The molecule has 1 unspecified atom stereocenters. The third kappa shape index (κ3) is 2.34. The molecule has 86 valence electrons. The van der Waals surface area contributed by atoms with Crippen LogP contribution in [0.2, 0.25) is 0 Å². The van der Waals surface area contributed by atoms with Gasteiger partial charge in [-0.3, -0.25) is 4.90 Å². The summed E-state index contributed by atoms with van der Waals surface area (Å²) in [4.78, 5) is 2.32. The first-order valence-electron chi connectivity index (χ1n) is 5.85. The molecule has 1 N–H and O–H groups in total. The average Bonchev–Trinajstić information content (AvgIpc) is 3.09. The quantitative estimate of drug-likeness (QED) is 0.618. The van der Waals surface area contributed by atoms with Crippen molar-refractivity contribution in [1.82, 2.24) is 4.90 Å². The molecule has 2 rings (SSSR count). The van der Waals surface area contributed by atoms with E-state index in [-0.39, 0.29) is 6.10 Å². The van der Waals surface area contributed by atoms with Crippen LogP contribution in [0, 0.1) is 0 Å². The van der Waals surface area contributed by atoms with E-state index in [1.54, 1.807) is 0 Å². The number of aliphatic hydroxyl groups excluding tert-OH is 1. The smallest absolute Gasteiger partial charge is 0.0888 e. The van der Waals surface area contributed by atoms with Gasteiger partial charge in [0.1, 0.15) is 0 Å². The molecule has 1 saturated heterocycles. The highest BCUT2D eigenvalue weighted by molar-refractivity contribution is 5.21. The van der Waals surface area contributed by atoms with E-state index in [2.05, 4.69) is 36.1 Å². The highest BCUT2D eigenvalue weighted by Gasteiger charge is 2.41. The first-order valence-corrected chi connectivity index (χ1v) is 5.85. The zero-order valence-electron chi connectivity index (χ0n) is 9.88. The van der Waals surface area contributed by atoms with E-state index in [4.69, 9.17) is 0 Å². The van der Waals surface area contributed by atoms with E-state index in [0.717, 1.165) is 6.54 Å². The molecule has 0 amide bonds. The lowest BCUT2D eigenvalue weighted by Crippen LogP contribution is -2.18. The van der Waals surface area contributed by atoms with Crippen LogP contribution in [0.1, 0.15) is 25.5 Å². The SMILES string of the molecule is C/C=C/[C@H](O)[C@@H]1CN1[C@H](C)c1ccccc1. The highest BCUT2D eigenvalue weighted by Crippen LogP contribution is 2.33. The van der Waals surface area contributed by atoms with Crippen LogP contribution < -0.4 is 0 Å². The van der Waals surface area contributed by atoms with Crippen molar-refractivity contribution in [3.8, 4) is 0 Å². The van der Waals surface area contributed by atoms with Gasteiger partial charge in [0.2, 0.25) is 0 Å². The summed E-state index contributed by atoms with van der Waals surface area (Å²) in [5, 5.41) is 9.83. The van der Waals surface area contributed by atoms with E-state index in [1.807, 2.05) is 25.1 Å². The Labute approximate surface area is 97.2 Å². The second-order valence-corrected chi connectivity index (χ2v) is 4.37. The molecule has 1 aromatic carbocycles. The molecule has 0 saturated carbocycles. The summed E-state index contributed by atoms with van der Waals surface area (Å²) < 4.78 is 0. The Morgan fingerprint density at radius 1 is 1.38 bits per heavy atom. The third-order valence-electron chi connectivity index (χ3n) is 3.25. The zero-order valence-corrected chi connectivity index (χ0v) is 9.88. The van der Waals surface area contributed by atoms with Gasteiger partial charge >= 0.3 is 0 Å². The number of aliphatic hydroxyl groups is 1. The lowest BCUT2D eigenvalue weighted by molar-refractivity contribution is 0.192. The van der Waals surface area contributed by atoms with Gasteiger partial charge in [0.15, 0.2) is 0 Å². The van der Waals surface area contributed by atoms with Crippen molar-refractivity contribution in [2.45, 2.75) is 32.0 Å². The van der Waals surface area contributed by atoms with Gasteiger partial charge in [-0.05, 0) is 19.4 Å². The first kappa shape index (κ1) is 11.4. The molecule has 0 aliphatic carbocycles. The summed E-state index contributed by atoms with van der Waals surface area (Å²) in [5.41, 5.74) is 1.32. The van der Waals surface area contributed by atoms with E-state index >= 15 is 0 Å². The van der Waals surface area contributed by atoms with Crippen LogP contribution in [0.25, 0.3) is 0 Å². The molecule has 1 aliphatic heterocycles. The fourth-order valence-corrected chi connectivity index (χ4v) is 2.17. The van der Waals surface area contributed by atoms with E-state index in [1.165, 1.54) is 5.56 Å². The largest absolute Gasteiger partial charge is 0.387 e. The van der Waals surface area contributed by atoms with Crippen molar-refractivity contribution in [1.29, 1.82) is 0 Å². The zero-order chi connectivity index (χ0) is 11.5. The lowest BCUT2D eigenvalue weighted by Gasteiger charge is -2.15. The maximum Gasteiger partial charge on any atom is 0.0888 e. The monoisotopic (exact) mass is 217 g/mol. The van der Waals surface area contributed by atoms with Crippen LogP contribution in [0.15, 0.2) is 42.5 Å². The van der Waals surface area contributed by atoms with Crippen molar-refractivity contribution >= 4 is 0 Å². The van der Waals surface area contributed by atoms with E-state index < -0.39 is 0 Å². The number of hydrogen-bond acceptors (Lipinski definition) is 2. The molecular formula is C14H19NO. The van der Waals surface area contributed by atoms with Gasteiger partial charge in [0.05, 0.1) is 12.1 Å². The molecular weight excluding hydrogens is 198 g/mol. The Hall–Kier alpha value is -1.12. The van der Waals surface area contributed by atoms with Crippen LogP contribution >= 0.6 is 0 Å². The molecule has 1 aliphatic rings. The predicted octanol–water partition coefficient (Wildman–Crippen LogP) is 2.37. The molecule has 1 heterocycles. The number of nitrogens with zero attached hydrogens (tertiary/aromatic N) is 1. The molecule has 0 aromatic heterocycles. The summed E-state index contributed by atoms with van der Waals surface area (Å²) in [5.74, 6) is 0. The normalized spacial score (nSPS) is 27.9. The van der Waals surface area contributed by atoms with Crippen molar-refractivity contribution in [3.05, 3.63) is 48.0 Å². The molecule has 1 aromatic rings. The van der Waals surface area contributed by atoms with Crippen molar-refractivity contribution in [3.63, 3.8) is 0 Å². The summed E-state index contributed by atoms with van der Waals surface area (Å²) in [6.45, 7) is 5.12. The maximum atomic E-state index is 9.83. The molecule has 4 atom stereocenters. The average molecular weight is 217 g/mol. The molecule has 0 spiro atoms. The fraction of sp³-hybridized carbons (Fsp3) is 0.429. The second kappa shape index (κ2) is 4.81. The Morgan fingerprint density at radius 3 is 2.69 bits per heavy atom. The van der Waals surface area contributed by atoms with Gasteiger partial charge in [-0.1, -0.05) is 42.5 Å². The highest BCUT2D eigenvalue weighted by atomic mass is 16.3. The Balaban J connectivity index is 1.97. The van der Waals surface area contributed by atoms with E-state index in [9.17, 15) is 5.11 Å². The van der Waals surface area contributed by atoms with Crippen LogP contribution in [0.5, 0.6) is 0 Å². The third-order valence-corrected chi connectivity index (χ3v) is 3.25. The number of benzene rings is 1. The molecule has 16 heavy (non-hydrogen) atoms. The fourth-order valence-electron chi connectivity index (χ4n) is 2.17. The number of allylic oxidation sites excluding steroid dienone is 1. The van der Waals surface area contributed by atoms with Crippen LogP contribution in [0.4, 0.5) is 0 Å². The Kier molecular flexibility index (Phi) is 3.42. The minimum absolute atomic E-state index is 0.298. The molecule has 1 fully saturated rings. The van der Waals surface area contributed by atoms with Crippen LogP contribution in [0.3, 0.4) is 0 Å². The molecule has 2 heteroatoms. The number of hydrogen-bond donors (Lipinski definition) is 1. The Morgan fingerprint density at radius 2 is 2.06 bits per heavy atom. The second-order valence-electron chi connectivity index (χ2n) is 4.37. The topological polar surface area (TPSA) is 23.2 Å². The van der Waals surface area contributed by atoms with Gasteiger partial charge in [-0.15, -0.1) is 0 Å². The number of rotatable bonds is 4. The predicted molar refractivity (Wildman–Crippen MR) is 66.2 cm³/mol. The summed E-state index contributed by atoms with van der Waals surface area (Å²) in [7, 11) is 0. The van der Waals surface area contributed by atoms with Gasteiger partial charge in [-0.25, -0.2) is 0 Å². The minimum atomic E-state index is -0.323. The van der Waals surface area contributed by atoms with Crippen molar-refractivity contribution < 1.29 is 5.11 Å². The van der Waals surface area contributed by atoms with Gasteiger partial charge in [-0.2, -0.15) is 0 Å². The van der Waals surface area contributed by atoms with Crippen molar-refractivity contribution in [2.75, 3.05) is 6.54 Å². The van der Waals surface area contributed by atoms with Crippen LogP contribution in [-0.4, -0.2) is 28.7 Å². The summed E-state index contributed by atoms with van der Waals surface area (Å²) in [6, 6.07) is 11.1. The van der Waals surface area contributed by atoms with Crippen molar-refractivity contribution in [2.24, 2.45) is 0 Å². The van der Waals surface area contributed by atoms with Gasteiger partial charge < -0.3 is 5.11 Å². The molecule has 2 nitrogen and oxygen atoms in total. The Bertz CT molecular complexity index is 360. The molecule has 0 radical (unpaired) electrons. The first-order chi connectivity index (χ1) is 7.74. The van der Waals surface area contributed by atoms with Gasteiger partial charge in [0.25, 0.3) is 0 Å². The standard InChI is InChI=1S/C14H19NO/c1-3-7-14(16)13-10-15(13)11(2)12-8-5-4-6-9-12/h3-9,11,13-14,16H,10H2,1-2H3/b7-3+/t11-,13+,14+,15?/m1/s1. The maximum absolute atomic E-state index is 9.83. The summed E-state index contributed by atoms with van der Waals surface area (Å²) in [6.07, 6.45) is 3.45. The molecule has 0 bridgehead atoms. The summed E-state index contributed by atoms with van der Waals surface area (Å²) >= 11 is 0. The minimum Gasteiger partial charge on any atom is -0.387 e. The van der Waals surface area contributed by atoms with Crippen LogP contribution in [-0.2, 0) is 0 Å². The van der Waals surface area contributed by atoms with Gasteiger partial charge in [0, 0.05) is 12.6 Å². The van der Waals surface area contributed by atoms with E-state index in [0.29, 0.717) is 12.1 Å². The lowest BCUT2D eigenvalue weighted by atomic mass is 10.1.